The molecule has 3 aromatic rings. The predicted octanol–water partition coefficient (Wildman–Crippen LogP) is 2.63. The lowest BCUT2D eigenvalue weighted by molar-refractivity contribution is -0.117. The van der Waals surface area contributed by atoms with Gasteiger partial charge in [0.25, 0.3) is 0 Å². The van der Waals surface area contributed by atoms with Gasteiger partial charge >= 0.3 is 0 Å². The van der Waals surface area contributed by atoms with E-state index in [1.807, 2.05) is 48.7 Å². The number of hydrogen-bond donors (Lipinski definition) is 1. The van der Waals surface area contributed by atoms with Crippen molar-refractivity contribution < 1.29 is 9.53 Å². The maximum absolute atomic E-state index is 12.5. The summed E-state index contributed by atoms with van der Waals surface area (Å²) in [5.41, 5.74) is 1.63. The molecule has 1 aromatic carbocycles. The smallest absolute Gasteiger partial charge is 0.238 e. The van der Waals surface area contributed by atoms with Crippen LogP contribution in [0.25, 0.3) is 5.65 Å². The van der Waals surface area contributed by atoms with Crippen molar-refractivity contribution in [2.24, 2.45) is 5.92 Å². The van der Waals surface area contributed by atoms with E-state index in [0.29, 0.717) is 12.5 Å². The molecule has 7 heteroatoms. The van der Waals surface area contributed by atoms with Gasteiger partial charge in [-0.1, -0.05) is 12.1 Å². The summed E-state index contributed by atoms with van der Waals surface area (Å²) in [4.78, 5) is 14.7. The van der Waals surface area contributed by atoms with Crippen LogP contribution < -0.4 is 10.1 Å². The topological polar surface area (TPSA) is 71.8 Å². The van der Waals surface area contributed by atoms with Crippen molar-refractivity contribution in [3.05, 3.63) is 54.5 Å². The number of likely N-dealkylation sites (tertiary alicyclic amines) is 1. The van der Waals surface area contributed by atoms with Gasteiger partial charge in [0.1, 0.15) is 11.6 Å². The molecule has 0 saturated carbocycles. The highest BCUT2D eigenvalue weighted by atomic mass is 16.5. The average Bonchev–Trinajstić information content (AvgIpc) is 3.11. The molecule has 1 aliphatic heterocycles. The summed E-state index contributed by atoms with van der Waals surface area (Å²) in [7, 11) is 1.62. The summed E-state index contributed by atoms with van der Waals surface area (Å²) in [6.45, 7) is 2.24. The van der Waals surface area contributed by atoms with Crippen molar-refractivity contribution in [1.29, 1.82) is 0 Å². The Morgan fingerprint density at radius 1 is 1.25 bits per heavy atom. The fourth-order valence-electron chi connectivity index (χ4n) is 3.85. The summed E-state index contributed by atoms with van der Waals surface area (Å²) >= 11 is 0. The molecule has 0 radical (unpaired) electrons. The average molecular weight is 379 g/mol. The Morgan fingerprint density at radius 3 is 3.07 bits per heavy atom. The first-order valence-corrected chi connectivity index (χ1v) is 9.66. The zero-order valence-electron chi connectivity index (χ0n) is 16.0. The molecule has 0 spiro atoms. The first-order valence-electron chi connectivity index (χ1n) is 9.66. The molecule has 1 N–H and O–H groups in total. The minimum atomic E-state index is 0.00170. The molecular formula is C21H25N5O2. The van der Waals surface area contributed by atoms with E-state index >= 15 is 0 Å². The van der Waals surface area contributed by atoms with Crippen LogP contribution in [0.3, 0.4) is 0 Å². The van der Waals surface area contributed by atoms with Crippen molar-refractivity contribution in [1.82, 2.24) is 19.5 Å². The van der Waals surface area contributed by atoms with Crippen LogP contribution in [0.15, 0.2) is 48.7 Å². The zero-order chi connectivity index (χ0) is 19.3. The maximum Gasteiger partial charge on any atom is 0.238 e. The lowest BCUT2D eigenvalue weighted by Gasteiger charge is -2.31. The third-order valence-electron chi connectivity index (χ3n) is 5.18. The summed E-state index contributed by atoms with van der Waals surface area (Å²) in [5, 5.41) is 11.5. The highest BCUT2D eigenvalue weighted by Crippen LogP contribution is 2.21. The Bertz CT molecular complexity index is 955. The highest BCUT2D eigenvalue weighted by molar-refractivity contribution is 5.92. The lowest BCUT2D eigenvalue weighted by Crippen LogP contribution is -2.41. The van der Waals surface area contributed by atoms with Crippen molar-refractivity contribution in [3.8, 4) is 5.75 Å². The molecule has 1 atom stereocenters. The van der Waals surface area contributed by atoms with E-state index in [1.54, 1.807) is 7.11 Å². The Hall–Kier alpha value is -2.93. The largest absolute Gasteiger partial charge is 0.497 e. The number of carbonyl (C=O) groups excluding carboxylic acids is 1. The predicted molar refractivity (Wildman–Crippen MR) is 107 cm³/mol. The van der Waals surface area contributed by atoms with Crippen LogP contribution in [0.4, 0.5) is 5.69 Å². The van der Waals surface area contributed by atoms with Gasteiger partial charge in [0.2, 0.25) is 5.91 Å². The van der Waals surface area contributed by atoms with Crippen LogP contribution in [-0.4, -0.2) is 52.1 Å². The van der Waals surface area contributed by atoms with Crippen LogP contribution in [0, 0.1) is 5.92 Å². The molecular weight excluding hydrogens is 354 g/mol. The Morgan fingerprint density at radius 2 is 2.18 bits per heavy atom. The van der Waals surface area contributed by atoms with Crippen LogP contribution in [0.5, 0.6) is 5.75 Å². The third kappa shape index (κ3) is 4.31. The molecule has 0 unspecified atom stereocenters. The molecule has 1 aliphatic rings. The second-order valence-corrected chi connectivity index (χ2v) is 7.27. The standard InChI is InChI=1S/C21H25N5O2/c1-28-18-8-4-7-17(13-18)22-21(27)15-25-10-5-6-16(14-25)12-20-24-23-19-9-2-3-11-26(19)20/h2-4,7-9,11,13,16H,5-6,10,12,14-15H2,1H3,(H,22,27)/t16-/m1/s1. The number of piperidine rings is 1. The highest BCUT2D eigenvalue weighted by Gasteiger charge is 2.23. The van der Waals surface area contributed by atoms with E-state index in [2.05, 4.69) is 24.8 Å². The van der Waals surface area contributed by atoms with Crippen molar-refractivity contribution in [2.75, 3.05) is 32.1 Å². The first-order chi connectivity index (χ1) is 13.7. The quantitative estimate of drug-likeness (QED) is 0.713. The van der Waals surface area contributed by atoms with Crippen LogP contribution in [0.1, 0.15) is 18.7 Å². The van der Waals surface area contributed by atoms with Crippen LogP contribution >= 0.6 is 0 Å². The van der Waals surface area contributed by atoms with Gasteiger partial charge in [-0.15, -0.1) is 10.2 Å². The summed E-state index contributed by atoms with van der Waals surface area (Å²) in [6.07, 6.45) is 5.12. The molecule has 146 valence electrons. The van der Waals surface area contributed by atoms with Gasteiger partial charge in [-0.25, -0.2) is 0 Å². The molecule has 0 bridgehead atoms. The SMILES string of the molecule is COc1cccc(NC(=O)CN2CCC[C@H](Cc3nnc4ccccn34)C2)c1. The van der Waals surface area contributed by atoms with Gasteiger partial charge in [0.15, 0.2) is 5.65 Å². The summed E-state index contributed by atoms with van der Waals surface area (Å²) < 4.78 is 7.26. The number of fused-ring (bicyclic) bond motifs is 1. The van der Waals surface area contributed by atoms with E-state index < -0.39 is 0 Å². The molecule has 4 rings (SSSR count). The fourth-order valence-corrected chi connectivity index (χ4v) is 3.85. The Balaban J connectivity index is 1.34. The molecule has 2 aromatic heterocycles. The number of nitrogens with zero attached hydrogens (tertiary/aromatic N) is 4. The number of methoxy groups -OCH3 is 1. The third-order valence-corrected chi connectivity index (χ3v) is 5.18. The van der Waals surface area contributed by atoms with E-state index in [9.17, 15) is 4.79 Å². The minimum absolute atomic E-state index is 0.00170. The number of ether oxygens (including phenoxy) is 1. The van der Waals surface area contributed by atoms with Crippen LogP contribution in [-0.2, 0) is 11.2 Å². The second-order valence-electron chi connectivity index (χ2n) is 7.27. The molecule has 7 nitrogen and oxygen atoms in total. The maximum atomic E-state index is 12.5. The number of benzene rings is 1. The number of amides is 1. The molecule has 1 saturated heterocycles. The summed E-state index contributed by atoms with van der Waals surface area (Å²) in [5.74, 6) is 2.20. The van der Waals surface area contributed by atoms with Gasteiger partial charge in [-0.2, -0.15) is 0 Å². The number of hydrogen-bond acceptors (Lipinski definition) is 5. The molecule has 1 fully saturated rings. The fraction of sp³-hybridized carbons (Fsp3) is 0.381. The van der Waals surface area contributed by atoms with Gasteiger partial charge in [-0.3, -0.25) is 14.1 Å². The van der Waals surface area contributed by atoms with Gasteiger partial charge in [-0.05, 0) is 49.6 Å². The number of aromatic nitrogens is 3. The van der Waals surface area contributed by atoms with Gasteiger partial charge in [0.05, 0.1) is 13.7 Å². The number of pyridine rings is 1. The zero-order valence-corrected chi connectivity index (χ0v) is 16.0. The van der Waals surface area contributed by atoms with E-state index in [0.717, 1.165) is 55.3 Å². The number of carbonyl (C=O) groups is 1. The number of nitrogens with one attached hydrogen (secondary N) is 1. The van der Waals surface area contributed by atoms with E-state index in [4.69, 9.17) is 4.74 Å². The van der Waals surface area contributed by atoms with Gasteiger partial charge < -0.3 is 10.1 Å². The first kappa shape index (κ1) is 18.4. The van der Waals surface area contributed by atoms with E-state index in [-0.39, 0.29) is 5.91 Å². The Labute approximate surface area is 164 Å². The van der Waals surface area contributed by atoms with Crippen LogP contribution in [0.2, 0.25) is 0 Å². The lowest BCUT2D eigenvalue weighted by atomic mass is 9.94. The molecule has 1 amide bonds. The van der Waals surface area contributed by atoms with Crippen molar-refractivity contribution in [3.63, 3.8) is 0 Å². The van der Waals surface area contributed by atoms with Crippen molar-refractivity contribution in [2.45, 2.75) is 19.3 Å². The molecule has 0 aliphatic carbocycles. The van der Waals surface area contributed by atoms with Gasteiger partial charge in [0, 0.05) is 30.9 Å². The normalized spacial score (nSPS) is 17.5. The minimum Gasteiger partial charge on any atom is -0.497 e. The molecule has 28 heavy (non-hydrogen) atoms. The molecule has 3 heterocycles. The van der Waals surface area contributed by atoms with Crippen molar-refractivity contribution >= 4 is 17.2 Å². The Kier molecular flexibility index (Phi) is 5.53. The monoisotopic (exact) mass is 379 g/mol. The van der Waals surface area contributed by atoms with E-state index in [1.165, 1.54) is 0 Å². The number of rotatable bonds is 6. The number of anilines is 1. The summed E-state index contributed by atoms with van der Waals surface area (Å²) in [6, 6.07) is 13.4. The second kappa shape index (κ2) is 8.39.